The highest BCUT2D eigenvalue weighted by Crippen LogP contribution is 2.26. The van der Waals surface area contributed by atoms with Gasteiger partial charge in [-0.2, -0.15) is 0 Å². The molecular weight excluding hydrogens is 252 g/mol. The summed E-state index contributed by atoms with van der Waals surface area (Å²) in [7, 11) is 0. The normalized spacial score (nSPS) is 20.5. The van der Waals surface area contributed by atoms with Crippen LogP contribution in [0.3, 0.4) is 0 Å². The summed E-state index contributed by atoms with van der Waals surface area (Å²) in [6, 6.07) is 4.61. The predicted octanol–water partition coefficient (Wildman–Crippen LogP) is 3.73. The molecule has 3 heteroatoms. The molecular formula is C16H28N2S. The lowest BCUT2D eigenvalue weighted by atomic mass is 9.95. The van der Waals surface area contributed by atoms with Crippen molar-refractivity contribution in [2.24, 2.45) is 11.8 Å². The summed E-state index contributed by atoms with van der Waals surface area (Å²) in [5, 5.41) is 3.48. The van der Waals surface area contributed by atoms with Gasteiger partial charge in [0.2, 0.25) is 0 Å². The molecule has 108 valence electrons. The van der Waals surface area contributed by atoms with Crippen LogP contribution in [0.1, 0.15) is 43.4 Å². The van der Waals surface area contributed by atoms with Gasteiger partial charge in [0.25, 0.3) is 0 Å². The number of likely N-dealkylation sites (tertiary alicyclic amines) is 1. The SMILES string of the molecule is CCCNCc1ccc(CN2CCC(C(C)C)C2)s1. The highest BCUT2D eigenvalue weighted by molar-refractivity contribution is 7.11. The van der Waals surface area contributed by atoms with Gasteiger partial charge < -0.3 is 5.32 Å². The average Bonchev–Trinajstić information content (AvgIpc) is 3.00. The molecule has 1 aliphatic rings. The van der Waals surface area contributed by atoms with E-state index in [1.807, 2.05) is 11.3 Å². The van der Waals surface area contributed by atoms with Crippen LogP contribution >= 0.6 is 11.3 Å². The predicted molar refractivity (Wildman–Crippen MR) is 84.5 cm³/mol. The van der Waals surface area contributed by atoms with Gasteiger partial charge in [0.05, 0.1) is 0 Å². The van der Waals surface area contributed by atoms with E-state index < -0.39 is 0 Å². The minimum atomic E-state index is 0.835. The van der Waals surface area contributed by atoms with Gasteiger partial charge in [0.15, 0.2) is 0 Å². The van der Waals surface area contributed by atoms with Gasteiger partial charge in [-0.3, -0.25) is 4.90 Å². The Hall–Kier alpha value is -0.380. The molecule has 1 aliphatic heterocycles. The van der Waals surface area contributed by atoms with E-state index in [0.29, 0.717) is 0 Å². The summed E-state index contributed by atoms with van der Waals surface area (Å²) in [5.74, 6) is 1.74. The first-order chi connectivity index (χ1) is 9.19. The van der Waals surface area contributed by atoms with Gasteiger partial charge in [-0.05, 0) is 49.9 Å². The first kappa shape index (κ1) is 15.0. The van der Waals surface area contributed by atoms with Crippen molar-refractivity contribution >= 4 is 11.3 Å². The Kier molecular flexibility index (Phi) is 5.86. The Labute approximate surface area is 122 Å². The van der Waals surface area contributed by atoms with Crippen molar-refractivity contribution in [1.29, 1.82) is 0 Å². The molecule has 0 saturated carbocycles. The molecule has 2 heterocycles. The van der Waals surface area contributed by atoms with Crippen LogP contribution in [0, 0.1) is 11.8 Å². The smallest absolute Gasteiger partial charge is 0.0328 e. The molecule has 2 nitrogen and oxygen atoms in total. The average molecular weight is 280 g/mol. The van der Waals surface area contributed by atoms with E-state index in [2.05, 4.69) is 43.1 Å². The van der Waals surface area contributed by atoms with Gasteiger partial charge in [0.1, 0.15) is 0 Å². The molecule has 1 aromatic heterocycles. The molecule has 0 aliphatic carbocycles. The zero-order valence-corrected chi connectivity index (χ0v) is 13.4. The van der Waals surface area contributed by atoms with E-state index in [-0.39, 0.29) is 0 Å². The fourth-order valence-electron chi connectivity index (χ4n) is 2.76. The van der Waals surface area contributed by atoms with Crippen molar-refractivity contribution in [3.8, 4) is 0 Å². The van der Waals surface area contributed by atoms with Crippen LogP contribution in [0.2, 0.25) is 0 Å². The van der Waals surface area contributed by atoms with Crippen LogP contribution in [-0.2, 0) is 13.1 Å². The summed E-state index contributed by atoms with van der Waals surface area (Å²) in [4.78, 5) is 5.63. The number of hydrogen-bond acceptors (Lipinski definition) is 3. The Morgan fingerprint density at radius 3 is 2.84 bits per heavy atom. The third-order valence-corrected chi connectivity index (χ3v) is 5.14. The van der Waals surface area contributed by atoms with Crippen molar-refractivity contribution in [3.63, 3.8) is 0 Å². The molecule has 1 fully saturated rings. The zero-order valence-electron chi connectivity index (χ0n) is 12.6. The second-order valence-corrected chi connectivity index (χ2v) is 7.33. The summed E-state index contributed by atoms with van der Waals surface area (Å²) in [6.45, 7) is 12.8. The summed E-state index contributed by atoms with van der Waals surface area (Å²) in [6.07, 6.45) is 2.59. The van der Waals surface area contributed by atoms with Crippen LogP contribution in [0.25, 0.3) is 0 Å². The van der Waals surface area contributed by atoms with Gasteiger partial charge in [-0.15, -0.1) is 11.3 Å². The standard InChI is InChI=1S/C16H28N2S/c1-4-8-17-10-15-5-6-16(19-15)12-18-9-7-14(11-18)13(2)3/h5-6,13-14,17H,4,7-12H2,1-3H3. The van der Waals surface area contributed by atoms with Gasteiger partial charge in [0, 0.05) is 29.4 Å². The van der Waals surface area contributed by atoms with E-state index in [0.717, 1.165) is 31.5 Å². The van der Waals surface area contributed by atoms with Crippen molar-refractivity contribution in [2.75, 3.05) is 19.6 Å². The molecule has 0 bridgehead atoms. The molecule has 1 N–H and O–H groups in total. The maximum Gasteiger partial charge on any atom is 0.0328 e. The fraction of sp³-hybridized carbons (Fsp3) is 0.750. The van der Waals surface area contributed by atoms with Crippen molar-refractivity contribution in [3.05, 3.63) is 21.9 Å². The molecule has 2 rings (SSSR count). The first-order valence-corrected chi connectivity index (χ1v) is 8.51. The van der Waals surface area contributed by atoms with E-state index >= 15 is 0 Å². The summed E-state index contributed by atoms with van der Waals surface area (Å²) >= 11 is 1.98. The number of nitrogens with one attached hydrogen (secondary N) is 1. The lowest BCUT2D eigenvalue weighted by Gasteiger charge is -2.16. The van der Waals surface area contributed by atoms with E-state index in [9.17, 15) is 0 Å². The highest BCUT2D eigenvalue weighted by atomic mass is 32.1. The number of nitrogens with zero attached hydrogens (tertiary/aromatic N) is 1. The van der Waals surface area contributed by atoms with Crippen LogP contribution < -0.4 is 5.32 Å². The molecule has 1 unspecified atom stereocenters. The lowest BCUT2D eigenvalue weighted by Crippen LogP contribution is -2.20. The van der Waals surface area contributed by atoms with Crippen LogP contribution in [-0.4, -0.2) is 24.5 Å². The maximum absolute atomic E-state index is 3.48. The van der Waals surface area contributed by atoms with Crippen molar-refractivity contribution in [2.45, 2.75) is 46.7 Å². The van der Waals surface area contributed by atoms with Crippen LogP contribution in [0.4, 0.5) is 0 Å². The number of hydrogen-bond donors (Lipinski definition) is 1. The number of rotatable bonds is 7. The first-order valence-electron chi connectivity index (χ1n) is 7.69. The third kappa shape index (κ3) is 4.59. The van der Waals surface area contributed by atoms with Gasteiger partial charge in [-0.25, -0.2) is 0 Å². The Morgan fingerprint density at radius 2 is 2.16 bits per heavy atom. The van der Waals surface area contributed by atoms with Crippen molar-refractivity contribution < 1.29 is 0 Å². The van der Waals surface area contributed by atoms with Crippen LogP contribution in [0.5, 0.6) is 0 Å². The summed E-state index contributed by atoms with van der Waals surface area (Å²) in [5.41, 5.74) is 0. The Balaban J connectivity index is 1.77. The topological polar surface area (TPSA) is 15.3 Å². The van der Waals surface area contributed by atoms with Crippen LogP contribution in [0.15, 0.2) is 12.1 Å². The summed E-state index contributed by atoms with van der Waals surface area (Å²) < 4.78 is 0. The van der Waals surface area contributed by atoms with Gasteiger partial charge in [-0.1, -0.05) is 20.8 Å². The molecule has 0 radical (unpaired) electrons. The molecule has 1 atom stereocenters. The molecule has 19 heavy (non-hydrogen) atoms. The van der Waals surface area contributed by atoms with Crippen molar-refractivity contribution in [1.82, 2.24) is 10.2 Å². The molecule has 0 amide bonds. The van der Waals surface area contributed by atoms with E-state index in [1.54, 1.807) is 0 Å². The second kappa shape index (κ2) is 7.41. The van der Waals surface area contributed by atoms with Gasteiger partial charge >= 0.3 is 0 Å². The number of thiophene rings is 1. The quantitative estimate of drug-likeness (QED) is 0.766. The largest absolute Gasteiger partial charge is 0.312 e. The highest BCUT2D eigenvalue weighted by Gasteiger charge is 2.24. The zero-order chi connectivity index (χ0) is 13.7. The minimum Gasteiger partial charge on any atom is -0.312 e. The monoisotopic (exact) mass is 280 g/mol. The molecule has 0 spiro atoms. The third-order valence-electron chi connectivity index (χ3n) is 4.07. The maximum atomic E-state index is 3.48. The molecule has 1 saturated heterocycles. The van der Waals surface area contributed by atoms with E-state index in [1.165, 1.54) is 35.7 Å². The Morgan fingerprint density at radius 1 is 1.37 bits per heavy atom. The Bertz CT molecular complexity index is 373. The second-order valence-electron chi connectivity index (χ2n) is 6.07. The molecule has 0 aromatic carbocycles. The van der Waals surface area contributed by atoms with E-state index in [4.69, 9.17) is 0 Å². The lowest BCUT2D eigenvalue weighted by molar-refractivity contribution is 0.299. The minimum absolute atomic E-state index is 0.835. The fourth-order valence-corrected chi connectivity index (χ4v) is 3.79. The molecule has 1 aromatic rings.